The summed E-state index contributed by atoms with van der Waals surface area (Å²) in [5.41, 5.74) is 1.37. The summed E-state index contributed by atoms with van der Waals surface area (Å²) in [6, 6.07) is 10.1. The molecule has 0 saturated heterocycles. The van der Waals surface area contributed by atoms with Crippen molar-refractivity contribution in [2.75, 3.05) is 32.8 Å². The van der Waals surface area contributed by atoms with Crippen LogP contribution in [0.3, 0.4) is 0 Å². The van der Waals surface area contributed by atoms with E-state index in [1.54, 1.807) is 30.3 Å². The van der Waals surface area contributed by atoms with Gasteiger partial charge < -0.3 is 24.3 Å². The van der Waals surface area contributed by atoms with Crippen molar-refractivity contribution in [1.82, 2.24) is 0 Å². The van der Waals surface area contributed by atoms with Gasteiger partial charge in [0.2, 0.25) is 0 Å². The molecule has 0 bridgehead atoms. The van der Waals surface area contributed by atoms with Gasteiger partial charge in [-0.3, -0.25) is 4.79 Å². The average Bonchev–Trinajstić information content (AvgIpc) is 2.67. The number of hydrogen-bond acceptors (Lipinski definition) is 6. The van der Waals surface area contributed by atoms with Gasteiger partial charge in [-0.05, 0) is 36.8 Å². The van der Waals surface area contributed by atoms with E-state index < -0.39 is 18.5 Å². The van der Waals surface area contributed by atoms with Gasteiger partial charge in [0, 0.05) is 6.07 Å². The van der Waals surface area contributed by atoms with Crippen LogP contribution in [0.4, 0.5) is 5.69 Å². The van der Waals surface area contributed by atoms with E-state index in [1.165, 1.54) is 14.2 Å². The van der Waals surface area contributed by atoms with Crippen LogP contribution < -0.4 is 19.5 Å². The highest BCUT2D eigenvalue weighted by Gasteiger charge is 2.12. The minimum Gasteiger partial charge on any atom is -0.497 e. The zero-order valence-corrected chi connectivity index (χ0v) is 16.0. The molecular formula is C19H20ClNO6. The zero-order valence-electron chi connectivity index (χ0n) is 15.2. The maximum Gasteiger partial charge on any atom is 0.344 e. The van der Waals surface area contributed by atoms with E-state index in [-0.39, 0.29) is 6.61 Å². The monoisotopic (exact) mass is 393 g/mol. The van der Waals surface area contributed by atoms with Crippen LogP contribution >= 0.6 is 11.6 Å². The Bertz CT molecular complexity index is 824. The zero-order chi connectivity index (χ0) is 19.8. The van der Waals surface area contributed by atoms with Gasteiger partial charge in [-0.15, -0.1) is 0 Å². The lowest BCUT2D eigenvalue weighted by Crippen LogP contribution is -2.24. The topological polar surface area (TPSA) is 83.1 Å². The summed E-state index contributed by atoms with van der Waals surface area (Å²) in [5.74, 6) is 0.181. The van der Waals surface area contributed by atoms with E-state index >= 15 is 0 Å². The van der Waals surface area contributed by atoms with E-state index in [4.69, 9.17) is 30.5 Å². The number of hydrogen-bond donors (Lipinski definition) is 1. The van der Waals surface area contributed by atoms with Crippen LogP contribution in [0.5, 0.6) is 17.2 Å². The molecule has 0 aromatic heterocycles. The van der Waals surface area contributed by atoms with Gasteiger partial charge in [-0.1, -0.05) is 17.7 Å². The highest BCUT2D eigenvalue weighted by molar-refractivity contribution is 6.32. The molecule has 0 radical (unpaired) electrons. The summed E-state index contributed by atoms with van der Waals surface area (Å²) in [7, 11) is 3.00. The molecule has 2 aromatic carbocycles. The van der Waals surface area contributed by atoms with Crippen LogP contribution in [0.1, 0.15) is 5.56 Å². The Kier molecular flexibility index (Phi) is 7.31. The Balaban J connectivity index is 1.83. The van der Waals surface area contributed by atoms with Crippen molar-refractivity contribution >= 4 is 29.2 Å². The summed E-state index contributed by atoms with van der Waals surface area (Å²) in [5, 5.41) is 2.99. The van der Waals surface area contributed by atoms with Crippen molar-refractivity contribution in [3.63, 3.8) is 0 Å². The van der Waals surface area contributed by atoms with Crippen molar-refractivity contribution in [2.45, 2.75) is 6.92 Å². The molecule has 0 aliphatic rings. The number of amides is 1. The van der Waals surface area contributed by atoms with Crippen molar-refractivity contribution in [3.8, 4) is 17.2 Å². The molecule has 1 amide bonds. The first-order chi connectivity index (χ1) is 12.9. The summed E-state index contributed by atoms with van der Waals surface area (Å²) in [6.07, 6.45) is 0. The Hall–Kier alpha value is -2.93. The second kappa shape index (κ2) is 9.68. The third-order valence-electron chi connectivity index (χ3n) is 3.48. The number of carbonyl (C=O) groups excluding carboxylic acids is 2. The molecule has 2 rings (SSSR count). The molecule has 8 heteroatoms. The molecule has 0 saturated carbocycles. The maximum absolute atomic E-state index is 12.0. The third-order valence-corrected chi connectivity index (χ3v) is 3.79. The fraction of sp³-hybridized carbons (Fsp3) is 0.263. The number of anilines is 1. The van der Waals surface area contributed by atoms with E-state index in [1.807, 2.05) is 13.0 Å². The molecule has 0 atom stereocenters. The summed E-state index contributed by atoms with van der Waals surface area (Å²) < 4.78 is 20.5. The molecule has 144 valence electrons. The smallest absolute Gasteiger partial charge is 0.344 e. The number of benzene rings is 2. The summed E-state index contributed by atoms with van der Waals surface area (Å²) in [4.78, 5) is 23.7. The Labute approximate surface area is 162 Å². The predicted molar refractivity (Wildman–Crippen MR) is 101 cm³/mol. The lowest BCUT2D eigenvalue weighted by Gasteiger charge is -2.12. The molecule has 0 aliphatic heterocycles. The average molecular weight is 394 g/mol. The number of carbonyl (C=O) groups is 2. The summed E-state index contributed by atoms with van der Waals surface area (Å²) in [6.45, 7) is 1.06. The first kappa shape index (κ1) is 20.4. The number of esters is 1. The normalized spacial score (nSPS) is 10.1. The minimum absolute atomic E-state index is 0.359. The van der Waals surface area contributed by atoms with Gasteiger partial charge in [0.15, 0.2) is 13.2 Å². The highest BCUT2D eigenvalue weighted by Crippen LogP contribution is 2.29. The van der Waals surface area contributed by atoms with Gasteiger partial charge in [-0.25, -0.2) is 4.79 Å². The number of halogens is 1. The molecule has 0 heterocycles. The van der Waals surface area contributed by atoms with Crippen LogP contribution in [-0.4, -0.2) is 39.3 Å². The first-order valence-electron chi connectivity index (χ1n) is 7.99. The SMILES string of the molecule is COc1ccc(NC(=O)COC(=O)COc2cc(C)ccc2Cl)c(OC)c1. The maximum atomic E-state index is 12.0. The number of nitrogens with one attached hydrogen (secondary N) is 1. The van der Waals surface area contributed by atoms with Gasteiger partial charge in [0.05, 0.1) is 24.9 Å². The Morgan fingerprint density at radius 3 is 2.48 bits per heavy atom. The number of aryl methyl sites for hydroxylation is 1. The Morgan fingerprint density at radius 1 is 1.00 bits per heavy atom. The largest absolute Gasteiger partial charge is 0.497 e. The highest BCUT2D eigenvalue weighted by atomic mass is 35.5. The van der Waals surface area contributed by atoms with E-state index in [0.717, 1.165) is 5.56 Å². The van der Waals surface area contributed by atoms with Crippen LogP contribution in [0.2, 0.25) is 5.02 Å². The van der Waals surface area contributed by atoms with Crippen molar-refractivity contribution in [1.29, 1.82) is 0 Å². The van der Waals surface area contributed by atoms with Crippen LogP contribution in [0.25, 0.3) is 0 Å². The van der Waals surface area contributed by atoms with Crippen molar-refractivity contribution in [3.05, 3.63) is 47.0 Å². The minimum atomic E-state index is -0.690. The molecule has 1 N–H and O–H groups in total. The molecule has 2 aromatic rings. The van der Waals surface area contributed by atoms with Crippen LogP contribution in [0.15, 0.2) is 36.4 Å². The molecule has 27 heavy (non-hydrogen) atoms. The second-order valence-electron chi connectivity index (χ2n) is 5.50. The van der Waals surface area contributed by atoms with Crippen LogP contribution in [-0.2, 0) is 14.3 Å². The number of rotatable bonds is 8. The first-order valence-corrected chi connectivity index (χ1v) is 8.37. The molecular weight excluding hydrogens is 374 g/mol. The number of ether oxygens (including phenoxy) is 4. The van der Waals surface area contributed by atoms with Crippen LogP contribution in [0, 0.1) is 6.92 Å². The lowest BCUT2D eigenvalue weighted by molar-refractivity contribution is -0.149. The second-order valence-corrected chi connectivity index (χ2v) is 5.90. The Morgan fingerprint density at radius 2 is 1.78 bits per heavy atom. The molecule has 0 fully saturated rings. The third kappa shape index (κ3) is 6.07. The lowest BCUT2D eigenvalue weighted by atomic mass is 10.2. The number of methoxy groups -OCH3 is 2. The summed E-state index contributed by atoms with van der Waals surface area (Å²) >= 11 is 5.99. The predicted octanol–water partition coefficient (Wildman–Crippen LogP) is 3.23. The molecule has 0 unspecified atom stereocenters. The molecule has 0 spiro atoms. The van der Waals surface area contributed by atoms with Crippen molar-refractivity contribution < 1.29 is 28.5 Å². The van der Waals surface area contributed by atoms with Gasteiger partial charge in [0.1, 0.15) is 17.2 Å². The van der Waals surface area contributed by atoms with E-state index in [2.05, 4.69) is 5.32 Å². The van der Waals surface area contributed by atoms with E-state index in [9.17, 15) is 9.59 Å². The van der Waals surface area contributed by atoms with E-state index in [0.29, 0.717) is 28.0 Å². The standard InChI is InChI=1S/C19H20ClNO6/c1-12-4-6-14(20)16(8-12)26-11-19(23)27-10-18(22)21-15-7-5-13(24-2)9-17(15)25-3/h4-9H,10-11H2,1-3H3,(H,21,22). The van der Waals surface area contributed by atoms with Gasteiger partial charge in [0.25, 0.3) is 5.91 Å². The fourth-order valence-electron chi connectivity index (χ4n) is 2.13. The van der Waals surface area contributed by atoms with Gasteiger partial charge >= 0.3 is 5.97 Å². The molecule has 0 aliphatic carbocycles. The van der Waals surface area contributed by atoms with Crippen molar-refractivity contribution in [2.24, 2.45) is 0 Å². The quantitative estimate of drug-likeness (QED) is 0.693. The van der Waals surface area contributed by atoms with Gasteiger partial charge in [-0.2, -0.15) is 0 Å². The molecule has 7 nitrogen and oxygen atoms in total. The fourth-order valence-corrected chi connectivity index (χ4v) is 2.31.